The highest BCUT2D eigenvalue weighted by atomic mass is 16.5. The zero-order valence-electron chi connectivity index (χ0n) is 21.1. The van der Waals surface area contributed by atoms with Crippen LogP contribution in [0.1, 0.15) is 30.2 Å². The summed E-state index contributed by atoms with van der Waals surface area (Å²) in [5.41, 5.74) is 2.81. The molecule has 0 spiro atoms. The van der Waals surface area contributed by atoms with E-state index in [2.05, 4.69) is 15.7 Å². The molecule has 2 atom stereocenters. The van der Waals surface area contributed by atoms with Gasteiger partial charge < -0.3 is 20.1 Å². The first-order valence-electron chi connectivity index (χ1n) is 12.1. The van der Waals surface area contributed by atoms with E-state index >= 15 is 0 Å². The summed E-state index contributed by atoms with van der Waals surface area (Å²) >= 11 is 0. The first-order chi connectivity index (χ1) is 18.0. The van der Waals surface area contributed by atoms with Crippen molar-refractivity contribution < 1.29 is 14.3 Å². The molecular weight excluding hydrogens is 470 g/mol. The molecule has 9 nitrogen and oxygen atoms in total. The lowest BCUT2D eigenvalue weighted by Gasteiger charge is -2.20. The zero-order chi connectivity index (χ0) is 26.2. The van der Waals surface area contributed by atoms with E-state index in [1.807, 2.05) is 54.6 Å². The molecule has 4 aromatic rings. The lowest BCUT2D eigenvalue weighted by atomic mass is 10.2. The van der Waals surface area contributed by atoms with E-state index < -0.39 is 18.1 Å². The highest BCUT2D eigenvalue weighted by Gasteiger charge is 2.23. The lowest BCUT2D eigenvalue weighted by molar-refractivity contribution is 0.0216. The van der Waals surface area contributed by atoms with Crippen molar-refractivity contribution in [3.63, 3.8) is 0 Å². The van der Waals surface area contributed by atoms with Gasteiger partial charge in [0.1, 0.15) is 18.2 Å². The minimum atomic E-state index is -0.549. The van der Waals surface area contributed by atoms with Gasteiger partial charge in [0.2, 0.25) is 0 Å². The zero-order valence-corrected chi connectivity index (χ0v) is 21.1. The van der Waals surface area contributed by atoms with E-state index in [-0.39, 0.29) is 5.69 Å². The summed E-state index contributed by atoms with van der Waals surface area (Å²) in [7, 11) is 1.65. The number of esters is 1. The van der Waals surface area contributed by atoms with E-state index in [0.29, 0.717) is 11.3 Å². The molecule has 2 N–H and O–H groups in total. The average Bonchev–Trinajstić information content (AvgIpc) is 3.32. The van der Waals surface area contributed by atoms with Crippen LogP contribution in [-0.4, -0.2) is 46.6 Å². The van der Waals surface area contributed by atoms with Gasteiger partial charge in [-0.15, -0.1) is 0 Å². The number of rotatable bonds is 11. The summed E-state index contributed by atoms with van der Waals surface area (Å²) in [5, 5.41) is 11.0. The minimum Gasteiger partial charge on any atom is -0.497 e. The highest BCUT2D eigenvalue weighted by Crippen LogP contribution is 2.17. The van der Waals surface area contributed by atoms with Crippen LogP contribution in [0.25, 0.3) is 5.69 Å². The van der Waals surface area contributed by atoms with Gasteiger partial charge in [-0.2, -0.15) is 5.10 Å². The average molecular weight is 502 g/mol. The van der Waals surface area contributed by atoms with Crippen molar-refractivity contribution in [2.45, 2.75) is 26.0 Å². The standard InChI is InChI=1S/C28H31N5O4/c1-20(21(2)37-27(34)22-7-5-4-6-8-22)33-28(35)32(19-31-33)25-13-9-23(10-14-25)29-17-18-30-24-11-15-26(36-3)16-12-24/h4-16,19-21,29-30H,17-18H2,1-3H3/t20-,21-/m0/s1. The van der Waals surface area contributed by atoms with Gasteiger partial charge in [0, 0.05) is 24.5 Å². The molecular formula is C28H31N5O4. The number of nitrogens with zero attached hydrogens (tertiary/aromatic N) is 3. The first-order valence-corrected chi connectivity index (χ1v) is 12.1. The smallest absolute Gasteiger partial charge is 0.350 e. The van der Waals surface area contributed by atoms with Gasteiger partial charge in [0.25, 0.3) is 0 Å². The third kappa shape index (κ3) is 6.38. The minimum absolute atomic E-state index is 0.306. The van der Waals surface area contributed by atoms with E-state index in [4.69, 9.17) is 9.47 Å². The largest absolute Gasteiger partial charge is 0.497 e. The van der Waals surface area contributed by atoms with Gasteiger partial charge in [-0.1, -0.05) is 18.2 Å². The van der Waals surface area contributed by atoms with Crippen LogP contribution >= 0.6 is 0 Å². The summed E-state index contributed by atoms with van der Waals surface area (Å²) in [6.07, 6.45) is 0.929. The number of carbonyl (C=O) groups is 1. The molecule has 0 saturated heterocycles. The molecule has 0 radical (unpaired) electrons. The summed E-state index contributed by atoms with van der Waals surface area (Å²) in [5.74, 6) is 0.388. The number of ether oxygens (including phenoxy) is 2. The molecule has 192 valence electrons. The fourth-order valence-electron chi connectivity index (χ4n) is 3.74. The fraction of sp³-hybridized carbons (Fsp3) is 0.250. The van der Waals surface area contributed by atoms with Crippen LogP contribution in [0.4, 0.5) is 11.4 Å². The quantitative estimate of drug-likeness (QED) is 0.233. The Morgan fingerprint density at radius 2 is 1.49 bits per heavy atom. The molecule has 0 saturated carbocycles. The Morgan fingerprint density at radius 3 is 2.08 bits per heavy atom. The van der Waals surface area contributed by atoms with Crippen LogP contribution in [0.3, 0.4) is 0 Å². The second-order valence-electron chi connectivity index (χ2n) is 8.57. The molecule has 1 aromatic heterocycles. The van der Waals surface area contributed by atoms with E-state index in [0.717, 1.165) is 30.2 Å². The summed E-state index contributed by atoms with van der Waals surface area (Å²) < 4.78 is 13.5. The normalized spacial score (nSPS) is 12.4. The second-order valence-corrected chi connectivity index (χ2v) is 8.57. The van der Waals surface area contributed by atoms with Gasteiger partial charge >= 0.3 is 11.7 Å². The van der Waals surface area contributed by atoms with Crippen molar-refractivity contribution in [1.29, 1.82) is 0 Å². The van der Waals surface area contributed by atoms with Crippen molar-refractivity contribution in [3.8, 4) is 11.4 Å². The Kier molecular flexibility index (Phi) is 8.25. The van der Waals surface area contributed by atoms with Crippen molar-refractivity contribution in [1.82, 2.24) is 14.3 Å². The van der Waals surface area contributed by atoms with Crippen LogP contribution in [0.15, 0.2) is 90.0 Å². The van der Waals surface area contributed by atoms with Crippen LogP contribution in [0.5, 0.6) is 5.75 Å². The predicted octanol–water partition coefficient (Wildman–Crippen LogP) is 4.37. The number of methoxy groups -OCH3 is 1. The Balaban J connectivity index is 1.31. The lowest BCUT2D eigenvalue weighted by Crippen LogP contribution is -2.33. The van der Waals surface area contributed by atoms with E-state index in [9.17, 15) is 9.59 Å². The SMILES string of the molecule is COc1ccc(NCCNc2ccc(-n3cnn([C@@H](C)[C@H](C)OC(=O)c4ccccc4)c3=O)cc2)cc1. The Hall–Kier alpha value is -4.53. The monoisotopic (exact) mass is 501 g/mol. The maximum Gasteiger partial charge on any atom is 0.350 e. The van der Waals surface area contributed by atoms with Crippen LogP contribution in [0, 0.1) is 0 Å². The molecule has 4 rings (SSSR count). The van der Waals surface area contributed by atoms with Gasteiger partial charge in [-0.05, 0) is 74.5 Å². The number of hydrogen-bond donors (Lipinski definition) is 2. The molecule has 0 aliphatic carbocycles. The van der Waals surface area contributed by atoms with Crippen LogP contribution in [-0.2, 0) is 4.74 Å². The van der Waals surface area contributed by atoms with Gasteiger partial charge in [0.05, 0.1) is 24.4 Å². The van der Waals surface area contributed by atoms with Crippen molar-refractivity contribution in [2.24, 2.45) is 0 Å². The Labute approximate surface area is 215 Å². The van der Waals surface area contributed by atoms with Gasteiger partial charge in [-0.25, -0.2) is 18.8 Å². The number of benzene rings is 3. The van der Waals surface area contributed by atoms with E-state index in [1.54, 1.807) is 45.2 Å². The molecule has 0 aliphatic heterocycles. The third-order valence-corrected chi connectivity index (χ3v) is 6.08. The number of anilines is 2. The van der Waals surface area contributed by atoms with Gasteiger partial charge in [-0.3, -0.25) is 0 Å². The van der Waals surface area contributed by atoms with Crippen molar-refractivity contribution in [2.75, 3.05) is 30.8 Å². The van der Waals surface area contributed by atoms with Crippen LogP contribution in [0.2, 0.25) is 0 Å². The summed E-state index contributed by atoms with van der Waals surface area (Å²) in [6, 6.07) is 23.6. The number of nitrogens with one attached hydrogen (secondary N) is 2. The molecule has 9 heteroatoms. The maximum atomic E-state index is 13.0. The number of hydrogen-bond acceptors (Lipinski definition) is 7. The molecule has 37 heavy (non-hydrogen) atoms. The topological polar surface area (TPSA) is 99.4 Å². The van der Waals surface area contributed by atoms with Crippen molar-refractivity contribution >= 4 is 17.3 Å². The molecule has 3 aromatic carbocycles. The Morgan fingerprint density at radius 1 is 0.892 bits per heavy atom. The molecule has 0 unspecified atom stereocenters. The molecule has 1 heterocycles. The number of aromatic nitrogens is 3. The fourth-order valence-corrected chi connectivity index (χ4v) is 3.74. The molecule has 0 amide bonds. The second kappa shape index (κ2) is 11.9. The van der Waals surface area contributed by atoms with Gasteiger partial charge in [0.15, 0.2) is 0 Å². The molecule has 0 aliphatic rings. The third-order valence-electron chi connectivity index (χ3n) is 6.08. The number of carbonyl (C=O) groups excluding carboxylic acids is 1. The predicted molar refractivity (Wildman–Crippen MR) is 144 cm³/mol. The highest BCUT2D eigenvalue weighted by molar-refractivity contribution is 5.89. The Bertz CT molecular complexity index is 1350. The summed E-state index contributed by atoms with van der Waals surface area (Å²) in [4.78, 5) is 25.4. The van der Waals surface area contributed by atoms with Crippen molar-refractivity contribution in [3.05, 3.63) is 101 Å². The molecule has 0 bridgehead atoms. The maximum absolute atomic E-state index is 13.0. The first kappa shape index (κ1) is 25.6. The molecule has 0 fully saturated rings. The van der Waals surface area contributed by atoms with Crippen LogP contribution < -0.4 is 21.1 Å². The van der Waals surface area contributed by atoms with E-state index in [1.165, 1.54) is 15.6 Å². The summed E-state index contributed by atoms with van der Waals surface area (Å²) in [6.45, 7) is 5.02.